The van der Waals surface area contributed by atoms with E-state index in [1.54, 1.807) is 35.7 Å². The van der Waals surface area contributed by atoms with Crippen molar-refractivity contribution in [1.82, 2.24) is 0 Å². The molecule has 0 aliphatic carbocycles. The Morgan fingerprint density at radius 3 is 2.50 bits per heavy atom. The molecule has 0 radical (unpaired) electrons. The van der Waals surface area contributed by atoms with E-state index in [1.807, 2.05) is 6.92 Å². The molecule has 20 heavy (non-hydrogen) atoms. The van der Waals surface area contributed by atoms with Crippen LogP contribution in [0.3, 0.4) is 0 Å². The first kappa shape index (κ1) is 14.3. The van der Waals surface area contributed by atoms with Crippen molar-refractivity contribution in [3.63, 3.8) is 0 Å². The van der Waals surface area contributed by atoms with Gasteiger partial charge >= 0.3 is 5.97 Å². The number of Topliss-reactive ketones (excluding diaryl/α,β-unsaturated/α-hetero) is 1. The SMILES string of the molecule is CCC(=O)c1ccc(OCc2ccsc2C(=O)O)cc1. The second-order valence-corrected chi connectivity index (χ2v) is 5.09. The molecule has 0 bridgehead atoms. The molecule has 1 heterocycles. The number of thiophene rings is 1. The van der Waals surface area contributed by atoms with Crippen LogP contribution < -0.4 is 4.74 Å². The average Bonchev–Trinajstić information content (AvgIpc) is 2.93. The lowest BCUT2D eigenvalue weighted by atomic mass is 10.1. The molecule has 2 rings (SSSR count). The lowest BCUT2D eigenvalue weighted by Crippen LogP contribution is -2.02. The molecule has 1 aromatic carbocycles. The van der Waals surface area contributed by atoms with Gasteiger partial charge in [0.2, 0.25) is 0 Å². The predicted octanol–water partition coefficient (Wildman–Crippen LogP) is 3.62. The molecular weight excluding hydrogens is 276 g/mol. The number of benzene rings is 1. The normalized spacial score (nSPS) is 10.2. The first-order chi connectivity index (χ1) is 9.61. The second kappa shape index (κ2) is 6.34. The highest BCUT2D eigenvalue weighted by Crippen LogP contribution is 2.20. The summed E-state index contributed by atoms with van der Waals surface area (Å²) in [6, 6.07) is 8.61. The smallest absolute Gasteiger partial charge is 0.346 e. The van der Waals surface area contributed by atoms with Crippen LogP contribution in [0.5, 0.6) is 5.75 Å². The van der Waals surface area contributed by atoms with Gasteiger partial charge in [0.05, 0.1) is 0 Å². The van der Waals surface area contributed by atoms with Crippen LogP contribution in [0.25, 0.3) is 0 Å². The molecule has 0 spiro atoms. The Balaban J connectivity index is 2.02. The molecule has 0 aliphatic heterocycles. The van der Waals surface area contributed by atoms with E-state index in [0.717, 1.165) is 0 Å². The number of carbonyl (C=O) groups is 2. The maximum atomic E-state index is 11.5. The van der Waals surface area contributed by atoms with Crippen molar-refractivity contribution in [1.29, 1.82) is 0 Å². The van der Waals surface area contributed by atoms with Crippen LogP contribution in [0.15, 0.2) is 35.7 Å². The molecule has 0 amide bonds. The third kappa shape index (κ3) is 3.24. The maximum Gasteiger partial charge on any atom is 0.346 e. The van der Waals surface area contributed by atoms with Crippen molar-refractivity contribution in [2.75, 3.05) is 0 Å². The highest BCUT2D eigenvalue weighted by Gasteiger charge is 2.12. The van der Waals surface area contributed by atoms with Crippen molar-refractivity contribution >= 4 is 23.1 Å². The summed E-state index contributed by atoms with van der Waals surface area (Å²) in [5.74, 6) is -0.245. The zero-order valence-corrected chi connectivity index (χ0v) is 11.8. The topological polar surface area (TPSA) is 63.6 Å². The van der Waals surface area contributed by atoms with Crippen LogP contribution in [0, 0.1) is 0 Å². The highest BCUT2D eigenvalue weighted by atomic mass is 32.1. The Kier molecular flexibility index (Phi) is 4.53. The molecule has 1 N–H and O–H groups in total. The minimum absolute atomic E-state index is 0.0857. The zero-order chi connectivity index (χ0) is 14.5. The van der Waals surface area contributed by atoms with Crippen molar-refractivity contribution in [3.8, 4) is 5.75 Å². The summed E-state index contributed by atoms with van der Waals surface area (Å²) in [6.45, 7) is 2.02. The van der Waals surface area contributed by atoms with Crippen LogP contribution in [-0.4, -0.2) is 16.9 Å². The number of aromatic carboxylic acids is 1. The lowest BCUT2D eigenvalue weighted by molar-refractivity contribution is 0.0699. The van der Waals surface area contributed by atoms with Crippen LogP contribution in [0.2, 0.25) is 0 Å². The van der Waals surface area contributed by atoms with Gasteiger partial charge in [0.15, 0.2) is 5.78 Å². The molecular formula is C15H14O4S. The van der Waals surface area contributed by atoms with E-state index < -0.39 is 5.97 Å². The number of carbonyl (C=O) groups excluding carboxylic acids is 1. The Hall–Kier alpha value is -2.14. The van der Waals surface area contributed by atoms with Crippen LogP contribution in [-0.2, 0) is 6.61 Å². The standard InChI is InChI=1S/C15H14O4S/c1-2-13(16)10-3-5-12(6-4-10)19-9-11-7-8-20-14(11)15(17)18/h3-8H,2,9H2,1H3,(H,17,18). The number of ketones is 1. The minimum atomic E-state index is -0.942. The quantitative estimate of drug-likeness (QED) is 0.825. The van der Waals surface area contributed by atoms with Crippen LogP contribution in [0.4, 0.5) is 0 Å². The Labute approximate surface area is 120 Å². The fraction of sp³-hybridized carbons (Fsp3) is 0.200. The summed E-state index contributed by atoms with van der Waals surface area (Å²) in [6.07, 6.45) is 0.469. The molecule has 104 valence electrons. The Morgan fingerprint density at radius 1 is 1.20 bits per heavy atom. The van der Waals surface area contributed by atoms with E-state index in [1.165, 1.54) is 11.3 Å². The van der Waals surface area contributed by atoms with Crippen molar-refractivity contribution < 1.29 is 19.4 Å². The van der Waals surface area contributed by atoms with Crippen molar-refractivity contribution in [2.24, 2.45) is 0 Å². The number of hydrogen-bond acceptors (Lipinski definition) is 4. The zero-order valence-electron chi connectivity index (χ0n) is 11.0. The first-order valence-corrected chi connectivity index (χ1v) is 7.05. The predicted molar refractivity (Wildman–Crippen MR) is 76.7 cm³/mol. The van der Waals surface area contributed by atoms with Gasteiger partial charge in [0.1, 0.15) is 17.2 Å². The maximum absolute atomic E-state index is 11.5. The Morgan fingerprint density at radius 2 is 1.90 bits per heavy atom. The average molecular weight is 290 g/mol. The molecule has 0 fully saturated rings. The monoisotopic (exact) mass is 290 g/mol. The summed E-state index contributed by atoms with van der Waals surface area (Å²) in [5, 5.41) is 10.7. The van der Waals surface area contributed by atoms with E-state index in [9.17, 15) is 9.59 Å². The van der Waals surface area contributed by atoms with Gasteiger partial charge in [-0.15, -0.1) is 11.3 Å². The van der Waals surface area contributed by atoms with Crippen LogP contribution in [0.1, 0.15) is 38.9 Å². The van der Waals surface area contributed by atoms with E-state index in [-0.39, 0.29) is 12.4 Å². The summed E-state index contributed by atoms with van der Waals surface area (Å²) in [4.78, 5) is 22.7. The van der Waals surface area contributed by atoms with Gasteiger partial charge in [-0.05, 0) is 35.7 Å². The van der Waals surface area contributed by atoms with Crippen LogP contribution >= 0.6 is 11.3 Å². The third-order valence-corrected chi connectivity index (χ3v) is 3.78. The highest BCUT2D eigenvalue weighted by molar-refractivity contribution is 7.12. The van der Waals surface area contributed by atoms with E-state index in [2.05, 4.69) is 0 Å². The van der Waals surface area contributed by atoms with Gasteiger partial charge in [-0.3, -0.25) is 4.79 Å². The molecule has 2 aromatic rings. The number of carboxylic acid groups (broad SMARTS) is 1. The van der Waals surface area contributed by atoms with Gasteiger partial charge in [0, 0.05) is 17.5 Å². The van der Waals surface area contributed by atoms with Crippen molar-refractivity contribution in [2.45, 2.75) is 20.0 Å². The Bertz CT molecular complexity index is 613. The lowest BCUT2D eigenvalue weighted by Gasteiger charge is -2.06. The molecule has 0 aliphatic rings. The van der Waals surface area contributed by atoms with Gasteiger partial charge < -0.3 is 9.84 Å². The number of rotatable bonds is 6. The van der Waals surface area contributed by atoms with Crippen molar-refractivity contribution in [3.05, 3.63) is 51.7 Å². The van der Waals surface area contributed by atoms with Gasteiger partial charge in [-0.25, -0.2) is 4.79 Å². The van der Waals surface area contributed by atoms with Gasteiger partial charge in [-0.2, -0.15) is 0 Å². The number of carboxylic acids is 1. The fourth-order valence-electron chi connectivity index (χ4n) is 1.74. The first-order valence-electron chi connectivity index (χ1n) is 6.17. The van der Waals surface area contributed by atoms with E-state index in [4.69, 9.17) is 9.84 Å². The summed E-state index contributed by atoms with van der Waals surface area (Å²) in [5.41, 5.74) is 1.30. The largest absolute Gasteiger partial charge is 0.489 e. The van der Waals surface area contributed by atoms with Gasteiger partial charge in [-0.1, -0.05) is 6.92 Å². The molecule has 0 saturated heterocycles. The third-order valence-electron chi connectivity index (χ3n) is 2.83. The number of ether oxygens (including phenoxy) is 1. The molecule has 4 nitrogen and oxygen atoms in total. The van der Waals surface area contributed by atoms with Gasteiger partial charge in [0.25, 0.3) is 0 Å². The number of hydrogen-bond donors (Lipinski definition) is 1. The fourth-order valence-corrected chi connectivity index (χ4v) is 2.49. The molecule has 0 saturated carbocycles. The molecule has 5 heteroatoms. The summed E-state index contributed by atoms with van der Waals surface area (Å²) in [7, 11) is 0. The van der Waals surface area contributed by atoms with E-state index in [0.29, 0.717) is 28.2 Å². The second-order valence-electron chi connectivity index (χ2n) is 4.17. The molecule has 0 unspecified atom stereocenters. The summed E-state index contributed by atoms with van der Waals surface area (Å²) < 4.78 is 5.54. The minimum Gasteiger partial charge on any atom is -0.489 e. The molecule has 1 aromatic heterocycles. The molecule has 0 atom stereocenters. The summed E-state index contributed by atoms with van der Waals surface area (Å²) >= 11 is 1.18. The van der Waals surface area contributed by atoms with E-state index >= 15 is 0 Å².